The molecule has 0 aliphatic heterocycles. The zero-order chi connectivity index (χ0) is 29.8. The Morgan fingerprint density at radius 3 is 2.20 bits per heavy atom. The number of carbonyl (C=O) groups excluding carboxylic acids is 4. The van der Waals surface area contributed by atoms with Gasteiger partial charge in [0.25, 0.3) is 0 Å². The van der Waals surface area contributed by atoms with Crippen LogP contribution in [0, 0.1) is 0 Å². The van der Waals surface area contributed by atoms with Crippen LogP contribution in [0.3, 0.4) is 0 Å². The van der Waals surface area contributed by atoms with E-state index in [2.05, 4.69) is 16.0 Å². The number of rotatable bonds is 12. The summed E-state index contributed by atoms with van der Waals surface area (Å²) in [4.78, 5) is 51.4. The molecular weight excluding hydrogens is 526 g/mol. The number of hydrogen-bond acceptors (Lipinski definition) is 7. The normalized spacial score (nSPS) is 12.6. The Labute approximate surface area is 239 Å². The van der Waals surface area contributed by atoms with E-state index < -0.39 is 48.0 Å². The molecule has 0 aromatic heterocycles. The molecule has 2 atom stereocenters. The number of nitrogens with one attached hydrogen (secondary N) is 3. The van der Waals surface area contributed by atoms with Crippen LogP contribution in [0.1, 0.15) is 38.3 Å². The smallest absolute Gasteiger partial charge is 0.408 e. The quantitative estimate of drug-likeness (QED) is 0.287. The molecule has 41 heavy (non-hydrogen) atoms. The first-order valence-corrected chi connectivity index (χ1v) is 13.3. The topological polar surface area (TPSA) is 132 Å². The van der Waals surface area contributed by atoms with E-state index >= 15 is 0 Å². The second-order valence-electron chi connectivity index (χ2n) is 10.4. The Hall–Kier alpha value is -4.44. The van der Waals surface area contributed by atoms with Gasteiger partial charge in [0.15, 0.2) is 0 Å². The van der Waals surface area contributed by atoms with Crippen LogP contribution in [0.15, 0.2) is 72.8 Å². The Morgan fingerprint density at radius 1 is 0.805 bits per heavy atom. The van der Waals surface area contributed by atoms with Gasteiger partial charge in [0, 0.05) is 13.7 Å². The van der Waals surface area contributed by atoms with Gasteiger partial charge in [-0.1, -0.05) is 72.8 Å². The summed E-state index contributed by atoms with van der Waals surface area (Å²) < 4.78 is 15.7. The lowest BCUT2D eigenvalue weighted by molar-refractivity contribution is -0.147. The van der Waals surface area contributed by atoms with Crippen molar-refractivity contribution in [1.29, 1.82) is 0 Å². The number of ether oxygens (including phenoxy) is 3. The number of carbonyl (C=O) groups is 4. The fourth-order valence-electron chi connectivity index (χ4n) is 4.00. The van der Waals surface area contributed by atoms with Crippen molar-refractivity contribution in [3.63, 3.8) is 0 Å². The van der Waals surface area contributed by atoms with Gasteiger partial charge >= 0.3 is 12.1 Å². The van der Waals surface area contributed by atoms with Crippen molar-refractivity contribution >= 4 is 34.6 Å². The summed E-state index contributed by atoms with van der Waals surface area (Å²) in [6, 6.07) is 20.2. The van der Waals surface area contributed by atoms with Gasteiger partial charge in [0.05, 0.1) is 13.0 Å². The molecule has 3 amide bonds. The van der Waals surface area contributed by atoms with E-state index in [-0.39, 0.29) is 19.8 Å². The van der Waals surface area contributed by atoms with Gasteiger partial charge < -0.3 is 30.2 Å². The molecule has 0 bridgehead atoms. The second kappa shape index (κ2) is 14.8. The summed E-state index contributed by atoms with van der Waals surface area (Å²) in [5.41, 5.74) is 0.841. The number of methoxy groups -OCH3 is 1. The van der Waals surface area contributed by atoms with Crippen molar-refractivity contribution in [2.75, 3.05) is 13.7 Å². The zero-order valence-corrected chi connectivity index (χ0v) is 23.8. The number of benzene rings is 3. The monoisotopic (exact) mass is 563 g/mol. The molecule has 0 heterocycles. The van der Waals surface area contributed by atoms with Crippen molar-refractivity contribution in [3.05, 3.63) is 83.9 Å². The van der Waals surface area contributed by atoms with E-state index in [9.17, 15) is 19.2 Å². The van der Waals surface area contributed by atoms with Crippen LogP contribution in [0.5, 0.6) is 0 Å². The molecule has 10 nitrogen and oxygen atoms in total. The molecular formula is C31H37N3O7. The van der Waals surface area contributed by atoms with Gasteiger partial charge in [-0.3, -0.25) is 14.4 Å². The van der Waals surface area contributed by atoms with Crippen LogP contribution in [0.25, 0.3) is 10.8 Å². The highest BCUT2D eigenvalue weighted by Gasteiger charge is 2.30. The lowest BCUT2D eigenvalue weighted by Crippen LogP contribution is -2.56. The minimum absolute atomic E-state index is 0.00330. The summed E-state index contributed by atoms with van der Waals surface area (Å²) in [7, 11) is 1.40. The standard InChI is InChI=1S/C31H37N3O7/c1-31(2,3)41-30(38)34-25(17-27(35)40-19-21-11-6-5-7-12-21)29(37)33-26(20-39-4)28(36)32-18-23-15-10-14-22-13-8-9-16-24(22)23/h5-16,25-26H,17-20H2,1-4H3,(H,32,36)(H,33,37)(H,34,38). The number of fused-ring (bicyclic) bond motifs is 1. The maximum atomic E-state index is 13.3. The molecule has 3 N–H and O–H groups in total. The third-order valence-corrected chi connectivity index (χ3v) is 5.92. The van der Waals surface area contributed by atoms with E-state index in [0.29, 0.717) is 0 Å². The largest absolute Gasteiger partial charge is 0.461 e. The third-order valence-electron chi connectivity index (χ3n) is 5.92. The van der Waals surface area contributed by atoms with E-state index in [1.165, 1.54) is 7.11 Å². The van der Waals surface area contributed by atoms with Gasteiger partial charge in [0.2, 0.25) is 11.8 Å². The minimum Gasteiger partial charge on any atom is -0.461 e. The first-order valence-electron chi connectivity index (χ1n) is 13.3. The lowest BCUT2D eigenvalue weighted by Gasteiger charge is -2.25. The van der Waals surface area contributed by atoms with Crippen molar-refractivity contribution in [2.45, 2.75) is 58.0 Å². The first-order chi connectivity index (χ1) is 19.6. The molecule has 0 aliphatic rings. The zero-order valence-electron chi connectivity index (χ0n) is 23.8. The van der Waals surface area contributed by atoms with Gasteiger partial charge in [-0.2, -0.15) is 0 Å². The summed E-state index contributed by atoms with van der Waals surface area (Å²) in [5, 5.41) is 9.88. The van der Waals surface area contributed by atoms with E-state index in [0.717, 1.165) is 21.9 Å². The van der Waals surface area contributed by atoms with Gasteiger partial charge in [-0.15, -0.1) is 0 Å². The molecule has 0 saturated carbocycles. The van der Waals surface area contributed by atoms with Crippen molar-refractivity contribution in [1.82, 2.24) is 16.0 Å². The van der Waals surface area contributed by atoms with E-state index in [1.54, 1.807) is 32.9 Å². The molecule has 0 saturated heterocycles. The maximum Gasteiger partial charge on any atom is 0.408 e. The van der Waals surface area contributed by atoms with Crippen LogP contribution in [0.4, 0.5) is 4.79 Å². The molecule has 2 unspecified atom stereocenters. The van der Waals surface area contributed by atoms with Crippen LogP contribution >= 0.6 is 0 Å². The fraction of sp³-hybridized carbons (Fsp3) is 0.355. The van der Waals surface area contributed by atoms with Crippen molar-refractivity contribution in [2.24, 2.45) is 0 Å². The van der Waals surface area contributed by atoms with Gasteiger partial charge in [-0.25, -0.2) is 4.79 Å². The van der Waals surface area contributed by atoms with Crippen molar-refractivity contribution in [3.8, 4) is 0 Å². The average molecular weight is 564 g/mol. The van der Waals surface area contributed by atoms with Crippen LogP contribution < -0.4 is 16.0 Å². The third kappa shape index (κ3) is 10.2. The minimum atomic E-state index is -1.36. The van der Waals surface area contributed by atoms with E-state index in [4.69, 9.17) is 14.2 Å². The Bertz CT molecular complexity index is 1330. The second-order valence-corrected chi connectivity index (χ2v) is 10.4. The Kier molecular flexibility index (Phi) is 11.2. The molecule has 0 radical (unpaired) electrons. The van der Waals surface area contributed by atoms with Crippen molar-refractivity contribution < 1.29 is 33.4 Å². The molecule has 3 rings (SSSR count). The molecule has 0 spiro atoms. The summed E-state index contributed by atoms with van der Waals surface area (Å²) in [6.07, 6.45) is -1.37. The first kappa shape index (κ1) is 31.1. The SMILES string of the molecule is COCC(NC(=O)C(CC(=O)OCc1ccccc1)NC(=O)OC(C)(C)C)C(=O)NCc1cccc2ccccc12. The summed E-state index contributed by atoms with van der Waals surface area (Å²) >= 11 is 0. The maximum absolute atomic E-state index is 13.3. The van der Waals surface area contributed by atoms with Crippen LogP contribution in [0.2, 0.25) is 0 Å². The number of alkyl carbamates (subject to hydrolysis) is 1. The predicted octanol–water partition coefficient (Wildman–Crippen LogP) is 3.61. The van der Waals surface area contributed by atoms with Crippen LogP contribution in [-0.2, 0) is 41.7 Å². The highest BCUT2D eigenvalue weighted by molar-refractivity contribution is 5.94. The molecule has 3 aromatic carbocycles. The highest BCUT2D eigenvalue weighted by Crippen LogP contribution is 2.18. The van der Waals surface area contributed by atoms with Gasteiger partial charge in [0.1, 0.15) is 24.3 Å². The number of esters is 1. The average Bonchev–Trinajstić information content (AvgIpc) is 2.93. The van der Waals surface area contributed by atoms with Crippen LogP contribution in [-0.4, -0.2) is 55.3 Å². The molecule has 3 aromatic rings. The molecule has 0 fully saturated rings. The number of hydrogen-bond donors (Lipinski definition) is 3. The molecule has 10 heteroatoms. The predicted molar refractivity (Wildman–Crippen MR) is 154 cm³/mol. The number of amides is 3. The summed E-state index contributed by atoms with van der Waals surface area (Å²) in [6.45, 7) is 5.11. The highest BCUT2D eigenvalue weighted by atomic mass is 16.6. The van der Waals surface area contributed by atoms with Gasteiger partial charge in [-0.05, 0) is 42.7 Å². The molecule has 218 valence electrons. The summed E-state index contributed by atoms with van der Waals surface area (Å²) in [5.74, 6) is -1.97. The molecule has 0 aliphatic carbocycles. The Balaban J connectivity index is 1.67. The fourth-order valence-corrected chi connectivity index (χ4v) is 4.00. The van der Waals surface area contributed by atoms with E-state index in [1.807, 2.05) is 60.7 Å². The Morgan fingerprint density at radius 2 is 1.49 bits per heavy atom. The lowest BCUT2D eigenvalue weighted by atomic mass is 10.0.